The molecule has 0 unspecified atom stereocenters. The van der Waals surface area contributed by atoms with Crippen LogP contribution < -0.4 is 5.32 Å². The summed E-state index contributed by atoms with van der Waals surface area (Å²) in [6.07, 6.45) is 7.32. The highest BCUT2D eigenvalue weighted by atomic mass is 32.2. The van der Waals surface area contributed by atoms with Crippen LogP contribution in [0.4, 0.5) is 0 Å². The Labute approximate surface area is 114 Å². The standard InChI is InChI=1S/C13H25NO3S/c1-3-17-13(15)10-16-9-8-14-11-4-6-12(18-2)7-5-11/h11-12,14H,3-10H2,1-2H3. The molecule has 0 aliphatic heterocycles. The normalized spacial score (nSPS) is 23.9. The summed E-state index contributed by atoms with van der Waals surface area (Å²) in [5.41, 5.74) is 0. The second-order valence-corrected chi connectivity index (χ2v) is 5.66. The van der Waals surface area contributed by atoms with E-state index in [1.807, 2.05) is 11.8 Å². The number of carbonyl (C=O) groups is 1. The van der Waals surface area contributed by atoms with Gasteiger partial charge in [-0.2, -0.15) is 11.8 Å². The second kappa shape index (κ2) is 9.64. The smallest absolute Gasteiger partial charge is 0.332 e. The van der Waals surface area contributed by atoms with Crippen molar-refractivity contribution < 1.29 is 14.3 Å². The maximum absolute atomic E-state index is 11.0. The number of hydrogen-bond acceptors (Lipinski definition) is 5. The van der Waals surface area contributed by atoms with Crippen molar-refractivity contribution in [3.05, 3.63) is 0 Å². The maximum Gasteiger partial charge on any atom is 0.332 e. The van der Waals surface area contributed by atoms with Gasteiger partial charge in [0.1, 0.15) is 6.61 Å². The zero-order valence-electron chi connectivity index (χ0n) is 11.4. The molecule has 1 aliphatic carbocycles. The monoisotopic (exact) mass is 275 g/mol. The third-order valence-electron chi connectivity index (χ3n) is 3.21. The van der Waals surface area contributed by atoms with Gasteiger partial charge >= 0.3 is 5.97 Å². The van der Waals surface area contributed by atoms with Gasteiger partial charge in [-0.1, -0.05) is 0 Å². The summed E-state index contributed by atoms with van der Waals surface area (Å²) >= 11 is 1.98. The molecule has 1 aliphatic rings. The zero-order chi connectivity index (χ0) is 13.2. The van der Waals surface area contributed by atoms with Gasteiger partial charge in [-0.25, -0.2) is 4.79 Å². The highest BCUT2D eigenvalue weighted by Gasteiger charge is 2.19. The lowest BCUT2D eigenvalue weighted by atomic mass is 9.95. The van der Waals surface area contributed by atoms with E-state index in [2.05, 4.69) is 11.6 Å². The number of thioether (sulfide) groups is 1. The Balaban J connectivity index is 1.94. The van der Waals surface area contributed by atoms with E-state index in [0.717, 1.165) is 11.8 Å². The van der Waals surface area contributed by atoms with Gasteiger partial charge < -0.3 is 14.8 Å². The lowest BCUT2D eigenvalue weighted by molar-refractivity contribution is -0.148. The SMILES string of the molecule is CCOC(=O)COCCNC1CCC(SC)CC1. The maximum atomic E-state index is 11.0. The van der Waals surface area contributed by atoms with Gasteiger partial charge in [0.2, 0.25) is 0 Å². The number of hydrogen-bond donors (Lipinski definition) is 1. The summed E-state index contributed by atoms with van der Waals surface area (Å²) in [5.74, 6) is -0.280. The molecule has 0 saturated heterocycles. The summed E-state index contributed by atoms with van der Waals surface area (Å²) in [7, 11) is 0. The van der Waals surface area contributed by atoms with Crippen LogP contribution in [0, 0.1) is 0 Å². The summed E-state index contributed by atoms with van der Waals surface area (Å²) in [6.45, 7) is 3.66. The second-order valence-electron chi connectivity index (χ2n) is 4.52. The van der Waals surface area contributed by atoms with E-state index in [4.69, 9.17) is 9.47 Å². The average molecular weight is 275 g/mol. The number of nitrogens with one attached hydrogen (secondary N) is 1. The van der Waals surface area contributed by atoms with Crippen LogP contribution >= 0.6 is 11.8 Å². The first-order valence-electron chi connectivity index (χ1n) is 6.75. The van der Waals surface area contributed by atoms with E-state index >= 15 is 0 Å². The predicted octanol–water partition coefficient (Wildman–Crippen LogP) is 1.83. The molecule has 1 rings (SSSR count). The van der Waals surface area contributed by atoms with Crippen molar-refractivity contribution in [2.45, 2.75) is 43.9 Å². The van der Waals surface area contributed by atoms with Gasteiger partial charge in [-0.15, -0.1) is 0 Å². The minimum atomic E-state index is -0.280. The van der Waals surface area contributed by atoms with E-state index in [0.29, 0.717) is 19.3 Å². The van der Waals surface area contributed by atoms with Gasteiger partial charge in [-0.3, -0.25) is 0 Å². The van der Waals surface area contributed by atoms with Crippen molar-refractivity contribution in [2.24, 2.45) is 0 Å². The quantitative estimate of drug-likeness (QED) is 0.541. The van der Waals surface area contributed by atoms with Crippen molar-refractivity contribution in [1.29, 1.82) is 0 Å². The fourth-order valence-corrected chi connectivity index (χ4v) is 2.94. The van der Waals surface area contributed by atoms with Crippen LogP contribution in [0.3, 0.4) is 0 Å². The van der Waals surface area contributed by atoms with Crippen LogP contribution in [-0.2, 0) is 14.3 Å². The zero-order valence-corrected chi connectivity index (χ0v) is 12.3. The fourth-order valence-electron chi connectivity index (χ4n) is 2.20. The van der Waals surface area contributed by atoms with Crippen molar-refractivity contribution in [1.82, 2.24) is 5.32 Å². The lowest BCUT2D eigenvalue weighted by Crippen LogP contribution is -2.36. The first-order valence-corrected chi connectivity index (χ1v) is 8.04. The Morgan fingerprint density at radius 2 is 2.06 bits per heavy atom. The molecular formula is C13H25NO3S. The van der Waals surface area contributed by atoms with Gasteiger partial charge in [0.25, 0.3) is 0 Å². The van der Waals surface area contributed by atoms with Gasteiger partial charge in [0, 0.05) is 17.8 Å². The van der Waals surface area contributed by atoms with Crippen molar-refractivity contribution in [2.75, 3.05) is 32.6 Å². The highest BCUT2D eigenvalue weighted by molar-refractivity contribution is 7.99. The van der Waals surface area contributed by atoms with E-state index in [-0.39, 0.29) is 12.6 Å². The van der Waals surface area contributed by atoms with E-state index < -0.39 is 0 Å². The molecule has 0 spiro atoms. The number of ether oxygens (including phenoxy) is 2. The first kappa shape index (κ1) is 15.8. The molecule has 5 heteroatoms. The van der Waals surface area contributed by atoms with E-state index in [1.54, 1.807) is 6.92 Å². The van der Waals surface area contributed by atoms with Crippen molar-refractivity contribution >= 4 is 17.7 Å². The molecular weight excluding hydrogens is 250 g/mol. The topological polar surface area (TPSA) is 47.6 Å². The first-order chi connectivity index (χ1) is 8.76. The van der Waals surface area contributed by atoms with Gasteiger partial charge in [-0.05, 0) is 38.9 Å². The van der Waals surface area contributed by atoms with E-state index in [9.17, 15) is 4.79 Å². The molecule has 0 radical (unpaired) electrons. The highest BCUT2D eigenvalue weighted by Crippen LogP contribution is 2.26. The molecule has 1 N–H and O–H groups in total. The van der Waals surface area contributed by atoms with Crippen LogP contribution in [0.2, 0.25) is 0 Å². The van der Waals surface area contributed by atoms with Gasteiger partial charge in [0.05, 0.1) is 13.2 Å². The summed E-state index contributed by atoms with van der Waals surface area (Å²) < 4.78 is 10.0. The largest absolute Gasteiger partial charge is 0.464 e. The Kier molecular flexibility index (Phi) is 8.46. The van der Waals surface area contributed by atoms with Crippen LogP contribution in [0.15, 0.2) is 0 Å². The molecule has 0 bridgehead atoms. The molecule has 106 valence electrons. The Bertz CT molecular complexity index is 230. The summed E-state index contributed by atoms with van der Waals surface area (Å²) in [4.78, 5) is 11.0. The Hall–Kier alpha value is -0.260. The third-order valence-corrected chi connectivity index (χ3v) is 4.35. The van der Waals surface area contributed by atoms with Crippen molar-refractivity contribution in [3.63, 3.8) is 0 Å². The van der Waals surface area contributed by atoms with Crippen LogP contribution in [-0.4, -0.2) is 49.9 Å². The average Bonchev–Trinajstić information content (AvgIpc) is 2.39. The molecule has 0 amide bonds. The molecule has 1 saturated carbocycles. The fraction of sp³-hybridized carbons (Fsp3) is 0.923. The summed E-state index contributed by atoms with van der Waals surface area (Å²) in [6, 6.07) is 0.625. The Morgan fingerprint density at radius 3 is 2.67 bits per heavy atom. The molecule has 4 nitrogen and oxygen atoms in total. The molecule has 1 fully saturated rings. The number of esters is 1. The Morgan fingerprint density at radius 1 is 1.33 bits per heavy atom. The molecule has 18 heavy (non-hydrogen) atoms. The molecule has 0 aromatic heterocycles. The minimum Gasteiger partial charge on any atom is -0.464 e. The summed E-state index contributed by atoms with van der Waals surface area (Å²) in [5, 5.41) is 4.34. The predicted molar refractivity (Wildman–Crippen MR) is 75.0 cm³/mol. The van der Waals surface area contributed by atoms with Crippen LogP contribution in [0.25, 0.3) is 0 Å². The molecule has 0 aromatic carbocycles. The third kappa shape index (κ3) is 6.61. The van der Waals surface area contributed by atoms with E-state index in [1.165, 1.54) is 25.7 Å². The molecule has 0 heterocycles. The number of rotatable bonds is 8. The minimum absolute atomic E-state index is 0.0642. The molecule has 0 aromatic rings. The lowest BCUT2D eigenvalue weighted by Gasteiger charge is -2.28. The molecule has 0 atom stereocenters. The van der Waals surface area contributed by atoms with Crippen molar-refractivity contribution in [3.8, 4) is 0 Å². The van der Waals surface area contributed by atoms with Crippen LogP contribution in [0.1, 0.15) is 32.6 Å². The van der Waals surface area contributed by atoms with Gasteiger partial charge in [0.15, 0.2) is 0 Å². The number of carbonyl (C=O) groups excluding carboxylic acids is 1. The van der Waals surface area contributed by atoms with Crippen LogP contribution in [0.5, 0.6) is 0 Å².